The molecule has 3 nitrogen and oxygen atoms in total. The fourth-order valence-corrected chi connectivity index (χ4v) is 3.43. The van der Waals surface area contributed by atoms with Crippen LogP contribution in [0, 0.1) is 0 Å². The van der Waals surface area contributed by atoms with Gasteiger partial charge in [0.1, 0.15) is 5.75 Å². The summed E-state index contributed by atoms with van der Waals surface area (Å²) in [6.45, 7) is 11.2. The van der Waals surface area contributed by atoms with Crippen molar-refractivity contribution in [1.82, 2.24) is 5.32 Å². The van der Waals surface area contributed by atoms with E-state index in [4.69, 9.17) is 9.47 Å². The van der Waals surface area contributed by atoms with Gasteiger partial charge in [0, 0.05) is 13.0 Å². The quantitative estimate of drug-likeness (QED) is 0.788. The van der Waals surface area contributed by atoms with Gasteiger partial charge in [0.25, 0.3) is 0 Å². The highest BCUT2D eigenvalue weighted by atomic mass is 16.5. The Morgan fingerprint density at radius 2 is 2.00 bits per heavy atom. The van der Waals surface area contributed by atoms with E-state index >= 15 is 0 Å². The van der Waals surface area contributed by atoms with E-state index in [2.05, 4.69) is 51.2 Å². The fraction of sp³-hybridized carbons (Fsp3) is 0.667. The maximum atomic E-state index is 6.22. The molecule has 1 unspecified atom stereocenters. The molecule has 2 rings (SSSR count). The van der Waals surface area contributed by atoms with Gasteiger partial charge >= 0.3 is 0 Å². The smallest absolute Gasteiger partial charge is 0.122 e. The normalized spacial score (nSPS) is 15.6. The molecule has 1 heterocycles. The van der Waals surface area contributed by atoms with Gasteiger partial charge in [-0.15, -0.1) is 0 Å². The number of likely N-dealkylation sites (N-methyl/N-ethyl adjacent to an activating group) is 1. The first kappa shape index (κ1) is 16.3. The molecule has 0 aromatic heterocycles. The van der Waals surface area contributed by atoms with Crippen LogP contribution in [-0.2, 0) is 11.2 Å². The lowest BCUT2D eigenvalue weighted by atomic mass is 9.83. The number of hydrogen-bond acceptors (Lipinski definition) is 3. The summed E-state index contributed by atoms with van der Waals surface area (Å²) in [6, 6.07) is 6.83. The number of hydrogen-bond donors (Lipinski definition) is 1. The minimum absolute atomic E-state index is 0.140. The van der Waals surface area contributed by atoms with E-state index in [9.17, 15) is 0 Å². The molecular weight excluding hydrogens is 262 g/mol. The Labute approximate surface area is 129 Å². The average molecular weight is 291 g/mol. The molecule has 1 aromatic rings. The number of rotatable bonds is 8. The zero-order valence-electron chi connectivity index (χ0n) is 13.9. The summed E-state index contributed by atoms with van der Waals surface area (Å²) in [6.07, 6.45) is 3.02. The van der Waals surface area contributed by atoms with E-state index in [0.717, 1.165) is 44.8 Å². The monoisotopic (exact) mass is 291 g/mol. The van der Waals surface area contributed by atoms with E-state index < -0.39 is 0 Å². The molecule has 1 aromatic carbocycles. The van der Waals surface area contributed by atoms with Gasteiger partial charge in [0.2, 0.25) is 0 Å². The van der Waals surface area contributed by atoms with Crippen molar-refractivity contribution in [3.63, 3.8) is 0 Å². The lowest BCUT2D eigenvalue weighted by molar-refractivity contribution is -0.0730. The molecule has 0 spiro atoms. The van der Waals surface area contributed by atoms with Crippen molar-refractivity contribution in [3.05, 3.63) is 29.3 Å². The summed E-state index contributed by atoms with van der Waals surface area (Å²) in [4.78, 5) is 0. The molecule has 3 heteroatoms. The van der Waals surface area contributed by atoms with Gasteiger partial charge in [-0.1, -0.05) is 32.9 Å². The van der Waals surface area contributed by atoms with Crippen molar-refractivity contribution in [2.75, 3.05) is 19.8 Å². The third-order valence-electron chi connectivity index (χ3n) is 4.61. The van der Waals surface area contributed by atoms with Crippen LogP contribution in [0.4, 0.5) is 0 Å². The molecule has 0 fully saturated rings. The lowest BCUT2D eigenvalue weighted by Gasteiger charge is -2.40. The first-order valence-corrected chi connectivity index (χ1v) is 8.33. The van der Waals surface area contributed by atoms with Crippen molar-refractivity contribution < 1.29 is 9.47 Å². The van der Waals surface area contributed by atoms with Crippen molar-refractivity contribution >= 4 is 0 Å². The van der Waals surface area contributed by atoms with Gasteiger partial charge in [-0.2, -0.15) is 0 Å². The van der Waals surface area contributed by atoms with Crippen molar-refractivity contribution in [2.45, 2.75) is 58.6 Å². The van der Waals surface area contributed by atoms with Gasteiger partial charge in [0.15, 0.2) is 0 Å². The zero-order chi connectivity index (χ0) is 15.3. The van der Waals surface area contributed by atoms with E-state index in [1.165, 1.54) is 11.1 Å². The predicted molar refractivity (Wildman–Crippen MR) is 87.0 cm³/mol. The maximum Gasteiger partial charge on any atom is 0.122 e. The van der Waals surface area contributed by atoms with Crippen LogP contribution in [0.5, 0.6) is 5.75 Å². The summed E-state index contributed by atoms with van der Waals surface area (Å²) < 4.78 is 11.8. The summed E-state index contributed by atoms with van der Waals surface area (Å²) in [5.41, 5.74) is 2.50. The molecule has 21 heavy (non-hydrogen) atoms. The fourth-order valence-electron chi connectivity index (χ4n) is 3.43. The van der Waals surface area contributed by atoms with Gasteiger partial charge in [0.05, 0.1) is 18.2 Å². The third kappa shape index (κ3) is 3.24. The van der Waals surface area contributed by atoms with Crippen LogP contribution in [0.2, 0.25) is 0 Å². The molecule has 1 aliphatic rings. The minimum atomic E-state index is -0.140. The van der Waals surface area contributed by atoms with Gasteiger partial charge in [-0.25, -0.2) is 0 Å². The second-order valence-corrected chi connectivity index (χ2v) is 5.66. The van der Waals surface area contributed by atoms with Gasteiger partial charge in [-0.05, 0) is 43.5 Å². The predicted octanol–water partition coefficient (Wildman–Crippen LogP) is 3.87. The van der Waals surface area contributed by atoms with Crippen molar-refractivity contribution in [2.24, 2.45) is 0 Å². The summed E-state index contributed by atoms with van der Waals surface area (Å²) in [7, 11) is 0. The van der Waals surface area contributed by atoms with Crippen molar-refractivity contribution in [3.8, 4) is 5.75 Å². The van der Waals surface area contributed by atoms with Crippen LogP contribution in [0.15, 0.2) is 18.2 Å². The van der Waals surface area contributed by atoms with Crippen molar-refractivity contribution in [1.29, 1.82) is 0 Å². The molecule has 0 aliphatic carbocycles. The topological polar surface area (TPSA) is 30.5 Å². The van der Waals surface area contributed by atoms with Crippen LogP contribution in [0.25, 0.3) is 0 Å². The summed E-state index contributed by atoms with van der Waals surface area (Å²) in [5.74, 6) is 1.05. The van der Waals surface area contributed by atoms with Gasteiger partial charge in [-0.3, -0.25) is 0 Å². The Hall–Kier alpha value is -1.06. The van der Waals surface area contributed by atoms with E-state index in [0.29, 0.717) is 0 Å². The molecule has 1 N–H and O–H groups in total. The van der Waals surface area contributed by atoms with Crippen LogP contribution in [-0.4, -0.2) is 25.4 Å². The molecule has 0 saturated carbocycles. The number of nitrogens with one attached hydrogen (secondary N) is 1. The van der Waals surface area contributed by atoms with Crippen LogP contribution >= 0.6 is 0 Å². The molecule has 0 bridgehead atoms. The minimum Gasteiger partial charge on any atom is -0.493 e. The summed E-state index contributed by atoms with van der Waals surface area (Å²) >= 11 is 0. The summed E-state index contributed by atoms with van der Waals surface area (Å²) in [5, 5.41) is 3.65. The first-order chi connectivity index (χ1) is 10.2. The van der Waals surface area contributed by atoms with Crippen LogP contribution in [0.3, 0.4) is 0 Å². The molecule has 0 radical (unpaired) electrons. The highest BCUT2D eigenvalue weighted by Gasteiger charge is 2.37. The van der Waals surface area contributed by atoms with Gasteiger partial charge < -0.3 is 14.8 Å². The largest absolute Gasteiger partial charge is 0.493 e. The highest BCUT2D eigenvalue weighted by molar-refractivity contribution is 5.41. The number of benzene rings is 1. The molecule has 118 valence electrons. The Morgan fingerprint density at radius 1 is 1.24 bits per heavy atom. The SMILES string of the molecule is CCNC(c1ccc2c(c1)CCO2)C(CC)(CC)OCC. The standard InChI is InChI=1S/C18H29NO2/c1-5-18(6-2,21-8-4)17(19-7-3)15-9-10-16-14(13-15)11-12-20-16/h9-10,13,17,19H,5-8,11-12H2,1-4H3. The number of ether oxygens (including phenoxy) is 2. The highest BCUT2D eigenvalue weighted by Crippen LogP contribution is 2.37. The molecule has 0 saturated heterocycles. The molecule has 1 atom stereocenters. The van der Waals surface area contributed by atoms with E-state index in [1.54, 1.807) is 0 Å². The van der Waals surface area contributed by atoms with E-state index in [-0.39, 0.29) is 11.6 Å². The molecule has 1 aliphatic heterocycles. The first-order valence-electron chi connectivity index (χ1n) is 8.33. The second-order valence-electron chi connectivity index (χ2n) is 5.66. The van der Waals surface area contributed by atoms with E-state index in [1.807, 2.05) is 0 Å². The zero-order valence-corrected chi connectivity index (χ0v) is 13.9. The number of fused-ring (bicyclic) bond motifs is 1. The third-order valence-corrected chi connectivity index (χ3v) is 4.61. The molecule has 0 amide bonds. The Balaban J connectivity index is 2.36. The Morgan fingerprint density at radius 3 is 2.62 bits per heavy atom. The second kappa shape index (κ2) is 7.28. The lowest BCUT2D eigenvalue weighted by Crippen LogP contribution is -2.45. The Bertz CT molecular complexity index is 455. The van der Waals surface area contributed by atoms with Crippen LogP contribution < -0.4 is 10.1 Å². The average Bonchev–Trinajstić information content (AvgIpc) is 2.98. The Kier molecular flexibility index (Phi) is 5.65. The van der Waals surface area contributed by atoms with Crippen LogP contribution in [0.1, 0.15) is 57.7 Å². The molecular formula is C18H29NO2. The maximum absolute atomic E-state index is 6.22.